The molecule has 0 aromatic heterocycles. The summed E-state index contributed by atoms with van der Waals surface area (Å²) in [5, 5.41) is 5.07. The number of ether oxygens (including phenoxy) is 1. The van der Waals surface area contributed by atoms with Gasteiger partial charge < -0.3 is 9.64 Å². The van der Waals surface area contributed by atoms with Crippen LogP contribution in [0.2, 0.25) is 0 Å². The van der Waals surface area contributed by atoms with Crippen LogP contribution >= 0.6 is 15.9 Å². The van der Waals surface area contributed by atoms with Crippen molar-refractivity contribution < 1.29 is 17.9 Å². The van der Waals surface area contributed by atoms with Gasteiger partial charge in [-0.25, -0.2) is 5.14 Å². The minimum Gasteiger partial charge on any atom is -0.496 e. The van der Waals surface area contributed by atoms with Crippen molar-refractivity contribution in [1.82, 2.24) is 9.21 Å². The molecular weight excluding hydrogens is 362 g/mol. The topological polar surface area (TPSA) is 92.9 Å². The maximum Gasteiger partial charge on any atom is 0.277 e. The first kappa shape index (κ1) is 16.2. The Kier molecular flexibility index (Phi) is 4.87. The highest BCUT2D eigenvalue weighted by Gasteiger charge is 2.28. The number of amides is 1. The molecule has 1 aliphatic rings. The van der Waals surface area contributed by atoms with Gasteiger partial charge in [-0.2, -0.15) is 12.7 Å². The summed E-state index contributed by atoms with van der Waals surface area (Å²) in [7, 11) is -2.20. The monoisotopic (exact) mass is 377 g/mol. The van der Waals surface area contributed by atoms with E-state index in [1.807, 2.05) is 0 Å². The quantitative estimate of drug-likeness (QED) is 0.825. The molecule has 0 spiro atoms. The predicted octanol–water partition coefficient (Wildman–Crippen LogP) is 0.419. The zero-order valence-electron chi connectivity index (χ0n) is 11.5. The molecule has 1 amide bonds. The molecule has 9 heteroatoms. The molecule has 21 heavy (non-hydrogen) atoms. The lowest BCUT2D eigenvalue weighted by atomic mass is 10.1. The first-order valence-electron chi connectivity index (χ1n) is 6.23. The Hall–Kier alpha value is -1.16. The Morgan fingerprint density at radius 2 is 1.90 bits per heavy atom. The fourth-order valence-corrected chi connectivity index (χ4v) is 3.17. The summed E-state index contributed by atoms with van der Waals surface area (Å²) in [6.07, 6.45) is 0. The fourth-order valence-electron chi connectivity index (χ4n) is 2.16. The Bertz CT molecular complexity index is 642. The number of carbonyl (C=O) groups is 1. The van der Waals surface area contributed by atoms with Crippen molar-refractivity contribution in [2.45, 2.75) is 0 Å². The number of hydrogen-bond acceptors (Lipinski definition) is 4. The average Bonchev–Trinajstić information content (AvgIpc) is 2.45. The first-order valence-corrected chi connectivity index (χ1v) is 8.53. The molecule has 0 bridgehead atoms. The van der Waals surface area contributed by atoms with Crippen LogP contribution < -0.4 is 9.88 Å². The molecular formula is C12H16BrN3O4S. The molecule has 1 fully saturated rings. The van der Waals surface area contributed by atoms with Crippen LogP contribution in [0.15, 0.2) is 22.7 Å². The van der Waals surface area contributed by atoms with E-state index in [2.05, 4.69) is 15.9 Å². The zero-order valence-corrected chi connectivity index (χ0v) is 13.9. The second-order valence-corrected chi connectivity index (χ2v) is 7.04. The lowest BCUT2D eigenvalue weighted by molar-refractivity contribution is 0.0694. The van der Waals surface area contributed by atoms with E-state index in [1.165, 1.54) is 7.11 Å². The summed E-state index contributed by atoms with van der Waals surface area (Å²) in [6.45, 7) is 0.996. The number of nitrogens with two attached hydrogens (primary N) is 1. The number of carbonyl (C=O) groups excluding carboxylic acids is 1. The predicted molar refractivity (Wildman–Crippen MR) is 81.3 cm³/mol. The standard InChI is InChI=1S/C12H16BrN3O4S/c1-20-11-8-9(13)2-3-10(11)12(17)15-4-6-16(7-5-15)21(14,18)19/h2-3,8H,4-7H2,1H3,(H2,14,18,19). The average molecular weight is 378 g/mol. The van der Waals surface area contributed by atoms with Gasteiger partial charge in [0.05, 0.1) is 12.7 Å². The summed E-state index contributed by atoms with van der Waals surface area (Å²) in [4.78, 5) is 14.1. The van der Waals surface area contributed by atoms with Gasteiger partial charge in [0, 0.05) is 30.7 Å². The van der Waals surface area contributed by atoms with Gasteiger partial charge in [-0.15, -0.1) is 0 Å². The maximum absolute atomic E-state index is 12.5. The van der Waals surface area contributed by atoms with E-state index in [9.17, 15) is 13.2 Å². The highest BCUT2D eigenvalue weighted by Crippen LogP contribution is 2.25. The van der Waals surface area contributed by atoms with E-state index in [-0.39, 0.29) is 19.0 Å². The van der Waals surface area contributed by atoms with E-state index in [1.54, 1.807) is 23.1 Å². The first-order chi connectivity index (χ1) is 9.82. The minimum absolute atomic E-state index is 0.187. The smallest absolute Gasteiger partial charge is 0.277 e. The number of hydrogen-bond donors (Lipinski definition) is 1. The van der Waals surface area contributed by atoms with Crippen molar-refractivity contribution in [3.05, 3.63) is 28.2 Å². The van der Waals surface area contributed by atoms with E-state index >= 15 is 0 Å². The molecule has 0 radical (unpaired) electrons. The number of methoxy groups -OCH3 is 1. The van der Waals surface area contributed by atoms with Crippen LogP contribution in [0.1, 0.15) is 10.4 Å². The van der Waals surface area contributed by atoms with Crippen LogP contribution in [-0.2, 0) is 10.2 Å². The molecule has 1 aromatic rings. The largest absolute Gasteiger partial charge is 0.496 e. The zero-order chi connectivity index (χ0) is 15.6. The molecule has 0 atom stereocenters. The van der Waals surface area contributed by atoms with Crippen LogP contribution in [0.3, 0.4) is 0 Å². The van der Waals surface area contributed by atoms with E-state index < -0.39 is 10.2 Å². The van der Waals surface area contributed by atoms with Crippen molar-refractivity contribution in [1.29, 1.82) is 0 Å². The summed E-state index contributed by atoms with van der Waals surface area (Å²) >= 11 is 3.32. The lowest BCUT2D eigenvalue weighted by Gasteiger charge is -2.33. The van der Waals surface area contributed by atoms with E-state index in [4.69, 9.17) is 9.88 Å². The normalized spacial score (nSPS) is 16.8. The van der Waals surface area contributed by atoms with Crippen LogP contribution in [0, 0.1) is 0 Å². The van der Waals surface area contributed by atoms with Gasteiger partial charge in [0.15, 0.2) is 0 Å². The van der Waals surface area contributed by atoms with Crippen LogP contribution in [0.5, 0.6) is 5.75 Å². The molecule has 0 unspecified atom stereocenters. The molecule has 1 aliphatic heterocycles. The van der Waals surface area contributed by atoms with Gasteiger partial charge in [0.1, 0.15) is 5.75 Å². The maximum atomic E-state index is 12.5. The van der Waals surface area contributed by atoms with Crippen LogP contribution in [-0.4, -0.2) is 56.8 Å². The van der Waals surface area contributed by atoms with Crippen molar-refractivity contribution >= 4 is 32.0 Å². The Morgan fingerprint density at radius 1 is 1.29 bits per heavy atom. The van der Waals surface area contributed by atoms with Crippen molar-refractivity contribution in [3.63, 3.8) is 0 Å². The van der Waals surface area contributed by atoms with Crippen molar-refractivity contribution in [2.24, 2.45) is 5.14 Å². The van der Waals surface area contributed by atoms with Crippen LogP contribution in [0.4, 0.5) is 0 Å². The molecule has 1 saturated heterocycles. The lowest BCUT2D eigenvalue weighted by Crippen LogP contribution is -2.52. The molecule has 2 rings (SSSR count). The number of rotatable bonds is 3. The minimum atomic E-state index is -3.69. The third kappa shape index (κ3) is 3.73. The van der Waals surface area contributed by atoms with Crippen molar-refractivity contribution in [3.8, 4) is 5.75 Å². The van der Waals surface area contributed by atoms with E-state index in [0.717, 1.165) is 8.78 Å². The third-order valence-electron chi connectivity index (χ3n) is 3.28. The second-order valence-electron chi connectivity index (χ2n) is 4.58. The van der Waals surface area contributed by atoms with Gasteiger partial charge >= 0.3 is 0 Å². The Balaban J connectivity index is 2.12. The molecule has 0 saturated carbocycles. The molecule has 7 nitrogen and oxygen atoms in total. The van der Waals surface area contributed by atoms with Gasteiger partial charge in [-0.1, -0.05) is 15.9 Å². The van der Waals surface area contributed by atoms with Crippen molar-refractivity contribution in [2.75, 3.05) is 33.3 Å². The van der Waals surface area contributed by atoms with Gasteiger partial charge in [0.25, 0.3) is 16.1 Å². The summed E-state index contributed by atoms with van der Waals surface area (Å²) in [5.74, 6) is 0.289. The van der Waals surface area contributed by atoms with E-state index in [0.29, 0.717) is 24.4 Å². The van der Waals surface area contributed by atoms with Gasteiger partial charge in [0.2, 0.25) is 0 Å². The SMILES string of the molecule is COc1cc(Br)ccc1C(=O)N1CCN(S(N)(=O)=O)CC1. The summed E-state index contributed by atoms with van der Waals surface area (Å²) in [5.41, 5.74) is 0.449. The Morgan fingerprint density at radius 3 is 2.43 bits per heavy atom. The highest BCUT2D eigenvalue weighted by atomic mass is 79.9. The number of nitrogens with zero attached hydrogens (tertiary/aromatic N) is 2. The molecule has 1 heterocycles. The molecule has 2 N–H and O–H groups in total. The fraction of sp³-hybridized carbons (Fsp3) is 0.417. The molecule has 116 valence electrons. The summed E-state index contributed by atoms with van der Waals surface area (Å²) in [6, 6.07) is 5.15. The van der Waals surface area contributed by atoms with Gasteiger partial charge in [-0.05, 0) is 18.2 Å². The summed E-state index contributed by atoms with van der Waals surface area (Å²) < 4.78 is 29.7. The van der Waals surface area contributed by atoms with Crippen LogP contribution in [0.25, 0.3) is 0 Å². The third-order valence-corrected chi connectivity index (χ3v) is 4.86. The number of benzene rings is 1. The number of halogens is 1. The Labute approximate surface area is 132 Å². The molecule has 1 aromatic carbocycles. The number of piperazine rings is 1. The van der Waals surface area contributed by atoms with Gasteiger partial charge in [-0.3, -0.25) is 4.79 Å². The second kappa shape index (κ2) is 6.30. The highest BCUT2D eigenvalue weighted by molar-refractivity contribution is 9.10. The molecule has 0 aliphatic carbocycles.